The Balaban J connectivity index is 1.27. The largest absolute Gasteiger partial charge is 0.373 e. The van der Waals surface area contributed by atoms with E-state index in [2.05, 4.69) is 22.8 Å². The fourth-order valence-electron chi connectivity index (χ4n) is 9.72. The molecule has 0 heterocycles. The van der Waals surface area contributed by atoms with Gasteiger partial charge in [0.15, 0.2) is 0 Å². The van der Waals surface area contributed by atoms with E-state index in [0.29, 0.717) is 32.1 Å². The lowest BCUT2D eigenvalue weighted by Gasteiger charge is -2.35. The van der Waals surface area contributed by atoms with Crippen molar-refractivity contribution in [2.75, 3.05) is 0 Å². The van der Waals surface area contributed by atoms with E-state index in [9.17, 15) is 19.2 Å². The second-order valence-electron chi connectivity index (χ2n) is 13.8. The molecule has 2 fully saturated rings. The van der Waals surface area contributed by atoms with Crippen molar-refractivity contribution in [3.8, 4) is 0 Å². The van der Waals surface area contributed by atoms with E-state index in [1.165, 1.54) is 0 Å². The third-order valence-electron chi connectivity index (χ3n) is 11.6. The molecule has 4 aliphatic rings. The summed E-state index contributed by atoms with van der Waals surface area (Å²) in [7, 11) is 0. The van der Waals surface area contributed by atoms with Gasteiger partial charge in [-0.25, -0.2) is 0 Å². The van der Waals surface area contributed by atoms with Gasteiger partial charge in [-0.15, -0.1) is 13.2 Å². The monoisotopic (exact) mass is 668 g/mol. The summed E-state index contributed by atoms with van der Waals surface area (Å²) in [6.07, 6.45) is 13.6. The Morgan fingerprint density at radius 1 is 0.571 bits per heavy atom. The van der Waals surface area contributed by atoms with E-state index in [4.69, 9.17) is 33.3 Å². The van der Waals surface area contributed by atoms with Crippen molar-refractivity contribution < 1.29 is 38.5 Å². The molecule has 49 heavy (non-hydrogen) atoms. The van der Waals surface area contributed by atoms with Crippen LogP contribution in [0.1, 0.15) is 47.9 Å². The van der Waals surface area contributed by atoms with Crippen LogP contribution in [0.4, 0.5) is 0 Å². The van der Waals surface area contributed by atoms with Gasteiger partial charge in [-0.1, -0.05) is 85.0 Å². The van der Waals surface area contributed by atoms with Crippen LogP contribution in [0.25, 0.3) is 0 Å². The summed E-state index contributed by atoms with van der Waals surface area (Å²) in [6.45, 7) is 7.71. The van der Waals surface area contributed by atoms with Gasteiger partial charge in [0.05, 0.1) is 23.7 Å². The Hall–Kier alpha value is -4.88. The lowest BCUT2D eigenvalue weighted by atomic mass is 9.67. The van der Waals surface area contributed by atoms with E-state index in [1.807, 2.05) is 72.8 Å². The quantitative estimate of drug-likeness (QED) is 0.190. The predicted molar refractivity (Wildman–Crippen MR) is 176 cm³/mol. The van der Waals surface area contributed by atoms with Crippen molar-refractivity contribution in [1.82, 2.24) is 0 Å². The van der Waals surface area contributed by atoms with Gasteiger partial charge in [-0.05, 0) is 54.4 Å². The Morgan fingerprint density at radius 3 is 1.20 bits per heavy atom. The summed E-state index contributed by atoms with van der Waals surface area (Å²) >= 11 is 0. The minimum absolute atomic E-state index is 0.436. The van der Waals surface area contributed by atoms with Crippen LogP contribution in [0, 0.1) is 34.5 Å². The van der Waals surface area contributed by atoms with Crippen molar-refractivity contribution in [2.24, 2.45) is 58.1 Å². The zero-order valence-corrected chi connectivity index (χ0v) is 26.9. The smallest absolute Gasteiger partial charge is 0.329 e. The molecule has 12 nitrogen and oxygen atoms in total. The zero-order valence-electron chi connectivity index (χ0n) is 26.9. The third-order valence-corrected chi connectivity index (χ3v) is 11.6. The van der Waals surface area contributed by atoms with E-state index in [-0.39, 0.29) is 0 Å². The third kappa shape index (κ3) is 4.97. The Morgan fingerprint density at radius 2 is 0.898 bits per heavy atom. The van der Waals surface area contributed by atoms with Crippen LogP contribution < -0.4 is 23.6 Å². The highest BCUT2D eigenvalue weighted by Gasteiger charge is 2.69. The van der Waals surface area contributed by atoms with Gasteiger partial charge in [0.25, 0.3) is 0 Å². The normalized spacial score (nSPS) is 33.2. The number of fused-ring (bicyclic) bond motifs is 4. The summed E-state index contributed by atoms with van der Waals surface area (Å²) in [6, 6.07) is 15.7. The van der Waals surface area contributed by atoms with Crippen LogP contribution in [0.5, 0.6) is 0 Å². The molecule has 0 aliphatic heterocycles. The molecule has 0 spiro atoms. The van der Waals surface area contributed by atoms with Gasteiger partial charge < -0.3 is 19.4 Å². The van der Waals surface area contributed by atoms with E-state index >= 15 is 0 Å². The topological polar surface area (TPSA) is 209 Å². The average molecular weight is 669 g/mol. The lowest BCUT2D eigenvalue weighted by Crippen LogP contribution is -2.45. The van der Waals surface area contributed by atoms with Crippen LogP contribution in [0.2, 0.25) is 0 Å². The molecular formula is C37H40N4O8. The standard InChI is InChI=1S/C37H40N4O8/c1-3-13-34-15-17-36(20-34,28(32(44)48-40)26(34)30(42)46-38)24-9-5-22(6-10-24)19-23-7-11-25(12-8-23)37-18-16-35(21-37,14-4-2)27(31(43)47-39)29(37)33(45)49-41/h3-12,15-18,26-29H,1-2,13-14,19-21,38-41H2. The van der Waals surface area contributed by atoms with Gasteiger partial charge >= 0.3 is 23.9 Å². The van der Waals surface area contributed by atoms with Crippen molar-refractivity contribution in [2.45, 2.75) is 42.9 Å². The van der Waals surface area contributed by atoms with Crippen LogP contribution in [-0.2, 0) is 55.8 Å². The van der Waals surface area contributed by atoms with Gasteiger partial charge in [0.2, 0.25) is 0 Å². The van der Waals surface area contributed by atoms with Crippen LogP contribution in [-0.4, -0.2) is 23.9 Å². The molecule has 0 radical (unpaired) electrons. The molecule has 8 N–H and O–H groups in total. The number of carbonyl (C=O) groups is 4. The van der Waals surface area contributed by atoms with Crippen LogP contribution >= 0.6 is 0 Å². The molecule has 4 bridgehead atoms. The van der Waals surface area contributed by atoms with Gasteiger partial charge in [0.1, 0.15) is 0 Å². The van der Waals surface area contributed by atoms with Crippen LogP contribution in [0.3, 0.4) is 0 Å². The first-order valence-corrected chi connectivity index (χ1v) is 16.0. The highest BCUT2D eigenvalue weighted by molar-refractivity contribution is 5.88. The van der Waals surface area contributed by atoms with Gasteiger partial charge in [0, 0.05) is 21.7 Å². The first-order valence-electron chi connectivity index (χ1n) is 16.0. The molecule has 12 heteroatoms. The number of carbonyl (C=O) groups excluding carboxylic acids is 4. The summed E-state index contributed by atoms with van der Waals surface area (Å²) < 4.78 is 0. The summed E-state index contributed by atoms with van der Waals surface area (Å²) in [4.78, 5) is 70.8. The van der Waals surface area contributed by atoms with Crippen molar-refractivity contribution in [3.63, 3.8) is 0 Å². The summed E-state index contributed by atoms with van der Waals surface area (Å²) in [5.74, 6) is 14.8. The summed E-state index contributed by atoms with van der Waals surface area (Å²) in [5, 5.41) is 0. The lowest BCUT2D eigenvalue weighted by molar-refractivity contribution is -0.164. The molecule has 8 atom stereocenters. The molecule has 8 unspecified atom stereocenters. The highest BCUT2D eigenvalue weighted by atomic mass is 16.7. The number of hydrogen-bond acceptors (Lipinski definition) is 12. The molecular weight excluding hydrogens is 628 g/mol. The van der Waals surface area contributed by atoms with E-state index in [0.717, 1.165) is 22.3 Å². The minimum Gasteiger partial charge on any atom is -0.373 e. The second-order valence-corrected chi connectivity index (χ2v) is 13.8. The Labute approximate surface area is 283 Å². The van der Waals surface area contributed by atoms with Crippen molar-refractivity contribution >= 4 is 23.9 Å². The maximum Gasteiger partial charge on any atom is 0.329 e. The van der Waals surface area contributed by atoms with E-state index in [1.54, 1.807) is 12.2 Å². The molecule has 2 aromatic carbocycles. The van der Waals surface area contributed by atoms with Gasteiger partial charge in [-0.3, -0.25) is 19.2 Å². The van der Waals surface area contributed by atoms with Crippen molar-refractivity contribution in [1.29, 1.82) is 0 Å². The Bertz CT molecular complexity index is 1630. The molecule has 4 aliphatic carbocycles. The molecule has 0 saturated heterocycles. The molecule has 2 saturated carbocycles. The maximum absolute atomic E-state index is 13.1. The van der Waals surface area contributed by atoms with Gasteiger partial charge in [-0.2, -0.15) is 23.6 Å². The first kappa shape index (κ1) is 34.0. The number of nitrogens with two attached hydrogens (primary N) is 4. The number of benzene rings is 2. The average Bonchev–Trinajstić information content (AvgIpc) is 3.85. The minimum atomic E-state index is -0.937. The maximum atomic E-state index is 13.1. The molecule has 0 amide bonds. The summed E-state index contributed by atoms with van der Waals surface area (Å²) in [5.41, 5.74) is 0.505. The molecule has 256 valence electrons. The second kappa shape index (κ2) is 12.5. The highest BCUT2D eigenvalue weighted by Crippen LogP contribution is 2.67. The fourth-order valence-corrected chi connectivity index (χ4v) is 9.72. The fraction of sp³-hybridized carbons (Fsp3) is 0.351. The van der Waals surface area contributed by atoms with Crippen molar-refractivity contribution in [3.05, 3.63) is 120 Å². The molecule has 0 aromatic heterocycles. The number of hydrogen-bond donors (Lipinski definition) is 4. The zero-order chi connectivity index (χ0) is 35.2. The first-order chi connectivity index (χ1) is 23.5. The Kier molecular flexibility index (Phi) is 8.70. The number of allylic oxidation sites excluding steroid dienone is 6. The molecule has 6 rings (SSSR count). The number of rotatable bonds is 12. The molecule has 2 aromatic rings. The van der Waals surface area contributed by atoms with E-state index < -0.39 is 69.2 Å². The predicted octanol–water partition coefficient (Wildman–Crippen LogP) is 2.96. The SMILES string of the molecule is C=CCC12C=CC(c3ccc(Cc4ccc(C56C=CC(CC=C)(C5)C(C(=O)ON)C6C(=O)ON)cc4)cc3)(C1)C(C(=O)ON)C2C(=O)ON. The van der Waals surface area contributed by atoms with Crippen LogP contribution in [0.15, 0.2) is 98.1 Å².